The first-order chi connectivity index (χ1) is 13.1. The van der Waals surface area contributed by atoms with Crippen molar-refractivity contribution >= 4 is 17.8 Å². The Kier molecular flexibility index (Phi) is 7.18. The number of hydrogen-bond acceptors (Lipinski definition) is 5. The van der Waals surface area contributed by atoms with Crippen LogP contribution in [0.3, 0.4) is 0 Å². The second kappa shape index (κ2) is 9.80. The fraction of sp³-hybridized carbons (Fsp3) is 0.600. The molecule has 1 amide bonds. The van der Waals surface area contributed by atoms with Crippen LogP contribution in [0.4, 0.5) is 10.2 Å². The van der Waals surface area contributed by atoms with Gasteiger partial charge in [0.25, 0.3) is 0 Å². The molecule has 7 heteroatoms. The molecule has 1 aromatic rings. The number of likely N-dealkylation sites (tertiary alicyclic amines) is 1. The first kappa shape index (κ1) is 19.8. The molecule has 27 heavy (non-hydrogen) atoms. The Balaban J connectivity index is 1.51. The second-order valence-electron chi connectivity index (χ2n) is 7.66. The van der Waals surface area contributed by atoms with Crippen LogP contribution in [0.15, 0.2) is 24.2 Å². The molecular formula is C20H29FN4O2. The molecular weight excluding hydrogens is 347 g/mol. The first-order valence-electron chi connectivity index (χ1n) is 9.90. The van der Waals surface area contributed by atoms with Crippen molar-refractivity contribution in [3.63, 3.8) is 0 Å². The molecule has 1 aliphatic carbocycles. The largest absolute Gasteiger partial charge is 0.366 e. The number of piperidine rings is 1. The molecule has 2 heterocycles. The fourth-order valence-electron chi connectivity index (χ4n) is 4.12. The van der Waals surface area contributed by atoms with Crippen molar-refractivity contribution in [1.82, 2.24) is 15.4 Å². The highest BCUT2D eigenvalue weighted by molar-refractivity contribution is 5.94. The maximum Gasteiger partial charge on any atom is 0.303 e. The van der Waals surface area contributed by atoms with E-state index in [0.717, 1.165) is 30.8 Å². The van der Waals surface area contributed by atoms with Gasteiger partial charge in [0.1, 0.15) is 5.82 Å². The highest BCUT2D eigenvalue weighted by Crippen LogP contribution is 2.26. The quantitative estimate of drug-likeness (QED) is 0.403. The number of pyridine rings is 1. The number of carbonyl (C=O) groups excluding carboxylic acids is 1. The van der Waals surface area contributed by atoms with Crippen LogP contribution in [0.1, 0.15) is 50.5 Å². The van der Waals surface area contributed by atoms with E-state index in [-0.39, 0.29) is 0 Å². The zero-order chi connectivity index (χ0) is 19.1. The highest BCUT2D eigenvalue weighted by Gasteiger charge is 2.23. The van der Waals surface area contributed by atoms with Crippen LogP contribution < -0.4 is 10.8 Å². The monoisotopic (exact) mass is 376 g/mol. The van der Waals surface area contributed by atoms with Crippen molar-refractivity contribution < 1.29 is 14.4 Å². The third kappa shape index (κ3) is 6.01. The van der Waals surface area contributed by atoms with Gasteiger partial charge in [-0.15, -0.1) is 0 Å². The molecule has 1 saturated carbocycles. The van der Waals surface area contributed by atoms with Crippen molar-refractivity contribution in [2.45, 2.75) is 51.0 Å². The summed E-state index contributed by atoms with van der Waals surface area (Å²) in [5.74, 6) is -0.625. The van der Waals surface area contributed by atoms with Crippen molar-refractivity contribution in [3.8, 4) is 0 Å². The van der Waals surface area contributed by atoms with E-state index in [1.807, 2.05) is 0 Å². The zero-order valence-electron chi connectivity index (χ0n) is 15.7. The molecule has 0 spiro atoms. The Bertz CT molecular complexity index is 644. The van der Waals surface area contributed by atoms with Crippen LogP contribution in [-0.2, 0) is 4.79 Å². The topological polar surface area (TPSA) is 77.5 Å². The fourth-order valence-corrected chi connectivity index (χ4v) is 4.12. The van der Waals surface area contributed by atoms with Gasteiger partial charge in [-0.25, -0.2) is 14.9 Å². The standard InChI is InChI=1S/C20H29FN4O2/c21-18(20(26)24-27)11-16-8-9-19(22-12-16)23-17-7-4-10-25(14-17)13-15-5-2-1-3-6-15/h8-9,11-12,15,17,27H,1-7,10,13-14H2,(H,22,23)(H,24,26)/b18-11+/t17-/m1/s1. The first-order valence-corrected chi connectivity index (χ1v) is 9.90. The van der Waals surface area contributed by atoms with Crippen molar-refractivity contribution in [1.29, 1.82) is 0 Å². The van der Waals surface area contributed by atoms with Gasteiger partial charge in [0.05, 0.1) is 0 Å². The molecule has 6 nitrogen and oxygen atoms in total. The van der Waals surface area contributed by atoms with Crippen LogP contribution in [0.2, 0.25) is 0 Å². The summed E-state index contributed by atoms with van der Waals surface area (Å²) in [5, 5.41) is 11.9. The molecule has 1 saturated heterocycles. The molecule has 0 unspecified atom stereocenters. The number of amides is 1. The van der Waals surface area contributed by atoms with Crippen LogP contribution in [-0.4, -0.2) is 46.7 Å². The van der Waals surface area contributed by atoms with Gasteiger partial charge in [-0.05, 0) is 61.9 Å². The molecule has 1 aromatic heterocycles. The summed E-state index contributed by atoms with van der Waals surface area (Å²) in [5.41, 5.74) is 1.73. The van der Waals surface area contributed by atoms with Gasteiger partial charge < -0.3 is 10.2 Å². The van der Waals surface area contributed by atoms with E-state index >= 15 is 0 Å². The van der Waals surface area contributed by atoms with E-state index < -0.39 is 11.7 Å². The Morgan fingerprint density at radius 1 is 1.26 bits per heavy atom. The summed E-state index contributed by atoms with van der Waals surface area (Å²) >= 11 is 0. The lowest BCUT2D eigenvalue weighted by atomic mass is 9.88. The molecule has 3 rings (SSSR count). The average Bonchev–Trinajstić information content (AvgIpc) is 2.70. The van der Waals surface area contributed by atoms with E-state index in [1.165, 1.54) is 63.3 Å². The minimum atomic E-state index is -1.17. The number of aromatic nitrogens is 1. The van der Waals surface area contributed by atoms with Gasteiger partial charge in [-0.3, -0.25) is 10.0 Å². The normalized spacial score (nSPS) is 22.4. The summed E-state index contributed by atoms with van der Waals surface area (Å²) in [4.78, 5) is 17.9. The van der Waals surface area contributed by atoms with Crippen molar-refractivity contribution in [2.24, 2.45) is 5.92 Å². The SMILES string of the molecule is O=C(NO)/C(F)=C\c1ccc(N[C@@H]2CCCN(CC3CCCCC3)C2)nc1. The Labute approximate surface area is 159 Å². The van der Waals surface area contributed by atoms with Gasteiger partial charge >= 0.3 is 5.91 Å². The zero-order valence-corrected chi connectivity index (χ0v) is 15.7. The average molecular weight is 376 g/mol. The minimum absolute atomic E-state index is 0.369. The van der Waals surface area contributed by atoms with Crippen LogP contribution in [0, 0.1) is 5.92 Å². The Morgan fingerprint density at radius 3 is 2.78 bits per heavy atom. The van der Waals surface area contributed by atoms with E-state index in [0.29, 0.717) is 11.6 Å². The van der Waals surface area contributed by atoms with Crippen LogP contribution in [0.25, 0.3) is 6.08 Å². The number of nitrogens with zero attached hydrogens (tertiary/aromatic N) is 2. The summed E-state index contributed by atoms with van der Waals surface area (Å²) in [7, 11) is 0. The highest BCUT2D eigenvalue weighted by atomic mass is 19.1. The lowest BCUT2D eigenvalue weighted by molar-refractivity contribution is -0.126. The predicted molar refractivity (Wildman–Crippen MR) is 103 cm³/mol. The maximum absolute atomic E-state index is 13.4. The summed E-state index contributed by atoms with van der Waals surface area (Å²) in [6.07, 6.45) is 11.8. The second-order valence-corrected chi connectivity index (χ2v) is 7.66. The lowest BCUT2D eigenvalue weighted by Gasteiger charge is -2.36. The molecule has 0 radical (unpaired) electrons. The molecule has 2 aliphatic rings. The molecule has 1 atom stereocenters. The summed E-state index contributed by atoms with van der Waals surface area (Å²) in [6, 6.07) is 3.85. The number of anilines is 1. The third-order valence-electron chi connectivity index (χ3n) is 5.50. The maximum atomic E-state index is 13.4. The van der Waals surface area contributed by atoms with Gasteiger partial charge in [-0.1, -0.05) is 19.3 Å². The van der Waals surface area contributed by atoms with Crippen molar-refractivity contribution in [3.05, 3.63) is 29.7 Å². The van der Waals surface area contributed by atoms with E-state index in [1.54, 1.807) is 12.1 Å². The summed E-state index contributed by atoms with van der Waals surface area (Å²) in [6.45, 7) is 3.42. The predicted octanol–water partition coefficient (Wildman–Crippen LogP) is 3.35. The molecule has 3 N–H and O–H groups in total. The number of halogens is 1. The van der Waals surface area contributed by atoms with Crippen LogP contribution in [0.5, 0.6) is 0 Å². The van der Waals surface area contributed by atoms with Gasteiger partial charge in [0.15, 0.2) is 5.83 Å². The van der Waals surface area contributed by atoms with E-state index in [9.17, 15) is 9.18 Å². The molecule has 148 valence electrons. The van der Waals surface area contributed by atoms with Gasteiger partial charge in [0.2, 0.25) is 0 Å². The summed E-state index contributed by atoms with van der Waals surface area (Å²) < 4.78 is 13.4. The van der Waals surface area contributed by atoms with Gasteiger partial charge in [-0.2, -0.15) is 0 Å². The number of carbonyl (C=O) groups is 1. The molecule has 0 aromatic carbocycles. The number of hydroxylamine groups is 1. The van der Waals surface area contributed by atoms with E-state index in [2.05, 4.69) is 15.2 Å². The van der Waals surface area contributed by atoms with Crippen LogP contribution >= 0.6 is 0 Å². The number of hydrogen-bond donors (Lipinski definition) is 3. The van der Waals surface area contributed by atoms with E-state index in [4.69, 9.17) is 5.21 Å². The third-order valence-corrected chi connectivity index (χ3v) is 5.50. The number of nitrogens with one attached hydrogen (secondary N) is 2. The lowest BCUT2D eigenvalue weighted by Crippen LogP contribution is -2.44. The van der Waals surface area contributed by atoms with Gasteiger partial charge in [0, 0.05) is 25.3 Å². The molecule has 1 aliphatic heterocycles. The number of rotatable bonds is 6. The molecule has 0 bridgehead atoms. The molecule has 2 fully saturated rings. The minimum Gasteiger partial charge on any atom is -0.366 e. The smallest absolute Gasteiger partial charge is 0.303 e. The Morgan fingerprint density at radius 2 is 2.07 bits per heavy atom. The Hall–Kier alpha value is -1.99. The van der Waals surface area contributed by atoms with Crippen molar-refractivity contribution in [2.75, 3.05) is 25.0 Å².